The largest absolute Gasteiger partial charge is 0.332 e. The molecule has 4 rings (SSSR count). The van der Waals surface area contributed by atoms with Crippen LogP contribution in [-0.4, -0.2) is 48.2 Å². The number of carbonyl (C=O) groups is 1. The summed E-state index contributed by atoms with van der Waals surface area (Å²) in [7, 11) is 0. The molecule has 1 atom stereocenters. The van der Waals surface area contributed by atoms with Gasteiger partial charge in [0.1, 0.15) is 0 Å². The zero-order valence-corrected chi connectivity index (χ0v) is 13.9. The Morgan fingerprint density at radius 1 is 1.16 bits per heavy atom. The van der Waals surface area contributed by atoms with E-state index in [1.54, 1.807) is 17.1 Å². The summed E-state index contributed by atoms with van der Waals surface area (Å²) in [4.78, 5) is 14.9. The lowest BCUT2D eigenvalue weighted by Crippen LogP contribution is -2.46. The molecule has 1 saturated heterocycles. The highest BCUT2D eigenvalue weighted by Gasteiger charge is 2.29. The molecule has 0 spiro atoms. The molecular weight excluding hydrogens is 316 g/mol. The van der Waals surface area contributed by atoms with Crippen molar-refractivity contribution < 1.29 is 4.79 Å². The van der Waals surface area contributed by atoms with Crippen molar-refractivity contribution in [2.75, 3.05) is 6.54 Å². The van der Waals surface area contributed by atoms with E-state index in [1.165, 1.54) is 0 Å². The number of benzene rings is 1. The maximum absolute atomic E-state index is 13.0. The summed E-state index contributed by atoms with van der Waals surface area (Å²) in [5.41, 5.74) is 1.28. The summed E-state index contributed by atoms with van der Waals surface area (Å²) in [5, 5.41) is 12.5. The zero-order chi connectivity index (χ0) is 17.1. The predicted octanol–water partition coefficient (Wildman–Crippen LogP) is 2.16. The fourth-order valence-electron chi connectivity index (χ4n) is 3.30. The van der Waals surface area contributed by atoms with Gasteiger partial charge >= 0.3 is 0 Å². The Morgan fingerprint density at radius 3 is 2.84 bits per heavy atom. The van der Waals surface area contributed by atoms with Crippen LogP contribution < -0.4 is 0 Å². The Labute approximate surface area is 145 Å². The summed E-state index contributed by atoms with van der Waals surface area (Å²) in [5.74, 6) is -0.0564. The Bertz CT molecular complexity index is 826. The maximum atomic E-state index is 13.0. The van der Waals surface area contributed by atoms with Crippen molar-refractivity contribution in [2.45, 2.75) is 31.8 Å². The van der Waals surface area contributed by atoms with Gasteiger partial charge in [-0.1, -0.05) is 23.4 Å². The van der Waals surface area contributed by atoms with Crippen molar-refractivity contribution >= 4 is 5.91 Å². The third-order valence-electron chi connectivity index (χ3n) is 4.58. The van der Waals surface area contributed by atoms with Gasteiger partial charge in [0.05, 0.1) is 24.5 Å². The van der Waals surface area contributed by atoms with Gasteiger partial charge in [-0.25, -0.2) is 4.68 Å². The van der Waals surface area contributed by atoms with E-state index in [9.17, 15) is 4.79 Å². The SMILES string of the molecule is O=C(c1cn(-c2ccccc2)nn1)N1CCCC[C@@H]1Cn1cccn1. The van der Waals surface area contributed by atoms with Crippen LogP contribution in [0.4, 0.5) is 0 Å². The van der Waals surface area contributed by atoms with Crippen LogP contribution in [0.1, 0.15) is 29.8 Å². The number of para-hydroxylation sites is 1. The fourth-order valence-corrected chi connectivity index (χ4v) is 3.30. The highest BCUT2D eigenvalue weighted by Crippen LogP contribution is 2.20. The van der Waals surface area contributed by atoms with E-state index in [0.29, 0.717) is 12.2 Å². The first kappa shape index (κ1) is 15.6. The molecule has 0 unspecified atom stereocenters. The quantitative estimate of drug-likeness (QED) is 0.732. The van der Waals surface area contributed by atoms with Crippen molar-refractivity contribution in [2.24, 2.45) is 0 Å². The maximum Gasteiger partial charge on any atom is 0.276 e. The average Bonchev–Trinajstić information content (AvgIpc) is 3.34. The minimum absolute atomic E-state index is 0.0564. The van der Waals surface area contributed by atoms with Gasteiger partial charge in [0.25, 0.3) is 5.91 Å². The number of aromatic nitrogens is 5. The van der Waals surface area contributed by atoms with E-state index in [2.05, 4.69) is 15.4 Å². The van der Waals surface area contributed by atoms with Gasteiger partial charge < -0.3 is 4.90 Å². The fraction of sp³-hybridized carbons (Fsp3) is 0.333. The summed E-state index contributed by atoms with van der Waals surface area (Å²) in [6.07, 6.45) is 8.54. The highest BCUT2D eigenvalue weighted by molar-refractivity contribution is 5.92. The number of amides is 1. The molecule has 3 heterocycles. The molecule has 1 fully saturated rings. The van der Waals surface area contributed by atoms with Crippen LogP contribution >= 0.6 is 0 Å². The van der Waals surface area contributed by atoms with Gasteiger partial charge in [-0.2, -0.15) is 5.10 Å². The molecule has 3 aromatic rings. The van der Waals surface area contributed by atoms with E-state index >= 15 is 0 Å². The van der Waals surface area contributed by atoms with Crippen LogP contribution in [0.25, 0.3) is 5.69 Å². The molecule has 25 heavy (non-hydrogen) atoms. The van der Waals surface area contributed by atoms with Gasteiger partial charge in [-0.15, -0.1) is 5.10 Å². The lowest BCUT2D eigenvalue weighted by molar-refractivity contribution is 0.0577. The summed E-state index contributed by atoms with van der Waals surface area (Å²) >= 11 is 0. The highest BCUT2D eigenvalue weighted by atomic mass is 16.2. The number of piperidine rings is 1. The van der Waals surface area contributed by atoms with E-state index in [0.717, 1.165) is 31.5 Å². The normalized spacial score (nSPS) is 17.6. The molecule has 0 radical (unpaired) electrons. The van der Waals surface area contributed by atoms with Gasteiger partial charge in [0.15, 0.2) is 5.69 Å². The van der Waals surface area contributed by atoms with E-state index in [4.69, 9.17) is 0 Å². The Kier molecular flexibility index (Phi) is 4.28. The third kappa shape index (κ3) is 3.31. The monoisotopic (exact) mass is 336 g/mol. The number of rotatable bonds is 4. The molecule has 0 saturated carbocycles. The molecule has 128 valence electrons. The van der Waals surface area contributed by atoms with Crippen molar-refractivity contribution in [3.05, 3.63) is 60.7 Å². The standard InChI is InChI=1S/C18H20N6O/c25-18(17-14-24(21-20-17)15-7-2-1-3-8-15)23-12-5-4-9-16(23)13-22-11-6-10-19-22/h1-3,6-8,10-11,14,16H,4-5,9,12-13H2/t16-/m1/s1. The number of carbonyl (C=O) groups excluding carboxylic acids is 1. The van der Waals surface area contributed by atoms with Crippen LogP contribution in [-0.2, 0) is 6.54 Å². The van der Waals surface area contributed by atoms with Crippen LogP contribution in [0.2, 0.25) is 0 Å². The van der Waals surface area contributed by atoms with Crippen LogP contribution in [0.3, 0.4) is 0 Å². The van der Waals surface area contributed by atoms with E-state index < -0.39 is 0 Å². The van der Waals surface area contributed by atoms with Crippen molar-refractivity contribution in [1.29, 1.82) is 0 Å². The lowest BCUT2D eigenvalue weighted by Gasteiger charge is -2.35. The first-order chi connectivity index (χ1) is 12.3. The minimum Gasteiger partial charge on any atom is -0.332 e. The van der Waals surface area contributed by atoms with Gasteiger partial charge in [0, 0.05) is 18.9 Å². The summed E-state index contributed by atoms with van der Waals surface area (Å²) < 4.78 is 3.52. The van der Waals surface area contributed by atoms with Crippen LogP contribution in [0.5, 0.6) is 0 Å². The molecular formula is C18H20N6O. The molecule has 2 aromatic heterocycles. The average molecular weight is 336 g/mol. The molecule has 1 aliphatic rings. The number of hydrogen-bond acceptors (Lipinski definition) is 4. The van der Waals surface area contributed by atoms with Crippen LogP contribution in [0, 0.1) is 0 Å². The molecule has 1 aromatic carbocycles. The van der Waals surface area contributed by atoms with E-state index in [-0.39, 0.29) is 11.9 Å². The molecule has 7 nitrogen and oxygen atoms in total. The summed E-state index contributed by atoms with van der Waals surface area (Å²) in [6.45, 7) is 1.47. The molecule has 0 bridgehead atoms. The van der Waals surface area contributed by atoms with Crippen LogP contribution in [0.15, 0.2) is 55.0 Å². The molecule has 0 N–H and O–H groups in total. The number of nitrogens with zero attached hydrogens (tertiary/aromatic N) is 6. The van der Waals surface area contributed by atoms with Gasteiger partial charge in [-0.05, 0) is 37.5 Å². The number of likely N-dealkylation sites (tertiary alicyclic amines) is 1. The first-order valence-electron chi connectivity index (χ1n) is 8.57. The molecule has 1 aliphatic heterocycles. The van der Waals surface area contributed by atoms with E-state index in [1.807, 2.05) is 52.2 Å². The second-order valence-corrected chi connectivity index (χ2v) is 6.26. The first-order valence-corrected chi connectivity index (χ1v) is 8.57. The van der Waals surface area contributed by atoms with Crippen molar-refractivity contribution in [1.82, 2.24) is 29.7 Å². The minimum atomic E-state index is -0.0564. The summed E-state index contributed by atoms with van der Waals surface area (Å²) in [6, 6.07) is 11.7. The van der Waals surface area contributed by atoms with Crippen molar-refractivity contribution in [3.63, 3.8) is 0 Å². The number of hydrogen-bond donors (Lipinski definition) is 0. The second kappa shape index (κ2) is 6.88. The Hall–Kier alpha value is -2.96. The smallest absolute Gasteiger partial charge is 0.276 e. The molecule has 0 aliphatic carbocycles. The molecule has 1 amide bonds. The topological polar surface area (TPSA) is 68.8 Å². The third-order valence-corrected chi connectivity index (χ3v) is 4.58. The van der Waals surface area contributed by atoms with Gasteiger partial charge in [0.2, 0.25) is 0 Å². The Morgan fingerprint density at radius 2 is 2.04 bits per heavy atom. The van der Waals surface area contributed by atoms with Gasteiger partial charge in [-0.3, -0.25) is 9.48 Å². The van der Waals surface area contributed by atoms with Crippen molar-refractivity contribution in [3.8, 4) is 5.69 Å². The lowest BCUT2D eigenvalue weighted by atomic mass is 10.0. The zero-order valence-electron chi connectivity index (χ0n) is 13.9. The molecule has 7 heteroatoms. The Balaban J connectivity index is 1.53. The predicted molar refractivity (Wildman–Crippen MR) is 92.3 cm³/mol. The second-order valence-electron chi connectivity index (χ2n) is 6.26.